The van der Waals surface area contributed by atoms with Crippen LogP contribution >= 0.6 is 22.6 Å². The molecule has 24 heavy (non-hydrogen) atoms. The molecule has 0 spiro atoms. The number of rotatable bonds is 9. The Morgan fingerprint density at radius 3 is 2.21 bits per heavy atom. The summed E-state index contributed by atoms with van der Waals surface area (Å²) in [5.74, 6) is 1.16. The zero-order chi connectivity index (χ0) is 17.2. The molecule has 6 heteroatoms. The van der Waals surface area contributed by atoms with Gasteiger partial charge in [0.2, 0.25) is 0 Å². The van der Waals surface area contributed by atoms with E-state index < -0.39 is 0 Å². The van der Waals surface area contributed by atoms with E-state index in [1.165, 1.54) is 0 Å². The van der Waals surface area contributed by atoms with Crippen molar-refractivity contribution in [1.29, 1.82) is 0 Å². The molecule has 1 amide bonds. The van der Waals surface area contributed by atoms with Crippen LogP contribution in [-0.2, 0) is 9.53 Å². The monoisotopic (exact) mass is 441 g/mol. The van der Waals surface area contributed by atoms with Gasteiger partial charge in [0, 0.05) is 15.9 Å². The average Bonchev–Trinajstić information content (AvgIpc) is 2.60. The molecular formula is C18H20INO4. The van der Waals surface area contributed by atoms with E-state index in [1.54, 1.807) is 24.3 Å². The molecule has 2 rings (SSSR count). The third-order valence-corrected chi connectivity index (χ3v) is 3.74. The van der Waals surface area contributed by atoms with Gasteiger partial charge in [-0.2, -0.15) is 0 Å². The van der Waals surface area contributed by atoms with Crippen LogP contribution in [0.4, 0.5) is 5.69 Å². The van der Waals surface area contributed by atoms with Crippen molar-refractivity contribution in [1.82, 2.24) is 0 Å². The molecule has 128 valence electrons. The molecule has 0 radical (unpaired) electrons. The van der Waals surface area contributed by atoms with Gasteiger partial charge >= 0.3 is 0 Å². The Hall–Kier alpha value is -1.80. The van der Waals surface area contributed by atoms with Crippen LogP contribution in [0.25, 0.3) is 0 Å². The molecule has 5 nitrogen and oxygen atoms in total. The van der Waals surface area contributed by atoms with E-state index in [4.69, 9.17) is 14.2 Å². The fraction of sp³-hybridized carbons (Fsp3) is 0.278. The minimum Gasteiger partial charge on any atom is -0.491 e. The number of hydrogen-bond donors (Lipinski definition) is 1. The zero-order valence-corrected chi connectivity index (χ0v) is 15.6. The number of nitrogens with one attached hydrogen (secondary N) is 1. The lowest BCUT2D eigenvalue weighted by atomic mass is 10.3. The van der Waals surface area contributed by atoms with Crippen LogP contribution < -0.4 is 14.8 Å². The Morgan fingerprint density at radius 2 is 1.58 bits per heavy atom. The first kappa shape index (κ1) is 18.5. The standard InChI is InChI=1S/C18H20INO4/c1-2-22-11-12-23-16-7-9-17(10-8-16)24-13-18(21)20-15-5-3-14(19)4-6-15/h3-10H,2,11-13H2,1H3,(H,20,21). The molecule has 0 bridgehead atoms. The van der Waals surface area contributed by atoms with E-state index in [2.05, 4.69) is 27.9 Å². The van der Waals surface area contributed by atoms with Crippen molar-refractivity contribution in [3.63, 3.8) is 0 Å². The predicted molar refractivity (Wildman–Crippen MR) is 102 cm³/mol. The van der Waals surface area contributed by atoms with Crippen molar-refractivity contribution in [2.24, 2.45) is 0 Å². The first-order valence-electron chi connectivity index (χ1n) is 7.66. The van der Waals surface area contributed by atoms with Crippen LogP contribution in [0.5, 0.6) is 11.5 Å². The average molecular weight is 441 g/mol. The minimum absolute atomic E-state index is 0.0451. The summed E-state index contributed by atoms with van der Waals surface area (Å²) in [4.78, 5) is 11.9. The van der Waals surface area contributed by atoms with Crippen LogP contribution in [0.1, 0.15) is 6.92 Å². The quantitative estimate of drug-likeness (QED) is 0.476. The summed E-state index contributed by atoms with van der Waals surface area (Å²) in [6.45, 7) is 3.65. The van der Waals surface area contributed by atoms with Crippen molar-refractivity contribution in [2.45, 2.75) is 6.92 Å². The molecule has 0 aromatic heterocycles. The lowest BCUT2D eigenvalue weighted by molar-refractivity contribution is -0.118. The summed E-state index contributed by atoms with van der Waals surface area (Å²) in [7, 11) is 0. The summed E-state index contributed by atoms with van der Waals surface area (Å²) in [5, 5.41) is 2.78. The molecule has 1 N–H and O–H groups in total. The Labute approximate surface area is 155 Å². The highest BCUT2D eigenvalue weighted by atomic mass is 127. The number of amides is 1. The first-order chi connectivity index (χ1) is 11.7. The van der Waals surface area contributed by atoms with Crippen LogP contribution in [0.3, 0.4) is 0 Å². The molecule has 0 saturated carbocycles. The maximum atomic E-state index is 11.9. The van der Waals surface area contributed by atoms with E-state index in [-0.39, 0.29) is 12.5 Å². The molecule has 0 atom stereocenters. The lowest BCUT2D eigenvalue weighted by Crippen LogP contribution is -2.20. The second-order valence-electron chi connectivity index (χ2n) is 4.86. The topological polar surface area (TPSA) is 56.8 Å². The third kappa shape index (κ3) is 6.76. The number of ether oxygens (including phenoxy) is 3. The summed E-state index contributed by atoms with van der Waals surface area (Å²) < 4.78 is 17.3. The largest absolute Gasteiger partial charge is 0.491 e. The Kier molecular flexibility index (Phi) is 7.84. The van der Waals surface area contributed by atoms with E-state index in [0.29, 0.717) is 25.6 Å². The number of anilines is 1. The molecule has 2 aromatic carbocycles. The van der Waals surface area contributed by atoms with Gasteiger partial charge in [-0.1, -0.05) is 0 Å². The van der Waals surface area contributed by atoms with E-state index >= 15 is 0 Å². The second kappa shape index (κ2) is 10.1. The van der Waals surface area contributed by atoms with E-state index in [1.807, 2.05) is 31.2 Å². The van der Waals surface area contributed by atoms with Crippen molar-refractivity contribution in [3.05, 3.63) is 52.1 Å². The molecule has 2 aromatic rings. The summed E-state index contributed by atoms with van der Waals surface area (Å²) in [5.41, 5.74) is 0.752. The molecule has 0 saturated heterocycles. The number of hydrogen-bond acceptors (Lipinski definition) is 4. The molecule has 0 aliphatic rings. The Balaban J connectivity index is 1.73. The highest BCUT2D eigenvalue weighted by Gasteiger charge is 2.04. The van der Waals surface area contributed by atoms with Gasteiger partial charge < -0.3 is 19.5 Å². The third-order valence-electron chi connectivity index (χ3n) is 3.02. The van der Waals surface area contributed by atoms with Crippen molar-refractivity contribution in [2.75, 3.05) is 31.7 Å². The highest BCUT2D eigenvalue weighted by Crippen LogP contribution is 2.17. The van der Waals surface area contributed by atoms with Crippen molar-refractivity contribution in [3.8, 4) is 11.5 Å². The SMILES string of the molecule is CCOCCOc1ccc(OCC(=O)Nc2ccc(I)cc2)cc1. The fourth-order valence-electron chi connectivity index (χ4n) is 1.87. The normalized spacial score (nSPS) is 10.2. The number of benzene rings is 2. The number of carbonyl (C=O) groups is 1. The molecule has 0 aliphatic heterocycles. The molecule has 0 unspecified atom stereocenters. The predicted octanol–water partition coefficient (Wildman–Crippen LogP) is 3.72. The van der Waals surface area contributed by atoms with Crippen molar-refractivity contribution < 1.29 is 19.0 Å². The number of halogens is 1. The van der Waals surface area contributed by atoms with Gasteiger partial charge in [0.1, 0.15) is 18.1 Å². The molecule has 0 heterocycles. The number of carbonyl (C=O) groups excluding carboxylic acids is 1. The molecule has 0 aliphatic carbocycles. The molecule has 0 fully saturated rings. The highest BCUT2D eigenvalue weighted by molar-refractivity contribution is 14.1. The first-order valence-corrected chi connectivity index (χ1v) is 8.74. The maximum Gasteiger partial charge on any atom is 0.262 e. The van der Waals surface area contributed by atoms with Crippen LogP contribution in [0, 0.1) is 3.57 Å². The van der Waals surface area contributed by atoms with E-state index in [9.17, 15) is 4.79 Å². The van der Waals surface area contributed by atoms with Gasteiger partial charge in [-0.25, -0.2) is 0 Å². The van der Waals surface area contributed by atoms with E-state index in [0.717, 1.165) is 15.0 Å². The molecular weight excluding hydrogens is 421 g/mol. The lowest BCUT2D eigenvalue weighted by Gasteiger charge is -2.09. The van der Waals surface area contributed by atoms with Gasteiger partial charge in [0.05, 0.1) is 6.61 Å². The summed E-state index contributed by atoms with van der Waals surface area (Å²) >= 11 is 2.21. The van der Waals surface area contributed by atoms with Gasteiger partial charge in [0.25, 0.3) is 5.91 Å². The Bertz CT molecular complexity index is 628. The van der Waals surface area contributed by atoms with Gasteiger partial charge in [-0.05, 0) is 78.0 Å². The summed E-state index contributed by atoms with van der Waals surface area (Å²) in [6, 6.07) is 14.7. The maximum absolute atomic E-state index is 11.9. The minimum atomic E-state index is -0.201. The fourth-order valence-corrected chi connectivity index (χ4v) is 2.23. The second-order valence-corrected chi connectivity index (χ2v) is 6.11. The van der Waals surface area contributed by atoms with Gasteiger partial charge in [-0.3, -0.25) is 4.79 Å². The van der Waals surface area contributed by atoms with Crippen molar-refractivity contribution >= 4 is 34.2 Å². The van der Waals surface area contributed by atoms with Crippen LogP contribution in [0.2, 0.25) is 0 Å². The summed E-state index contributed by atoms with van der Waals surface area (Å²) in [6.07, 6.45) is 0. The van der Waals surface area contributed by atoms with Crippen LogP contribution in [-0.4, -0.2) is 32.3 Å². The van der Waals surface area contributed by atoms with Crippen LogP contribution in [0.15, 0.2) is 48.5 Å². The smallest absolute Gasteiger partial charge is 0.262 e. The van der Waals surface area contributed by atoms with Gasteiger partial charge in [0.15, 0.2) is 6.61 Å². The Morgan fingerprint density at radius 1 is 0.958 bits per heavy atom. The van der Waals surface area contributed by atoms with Gasteiger partial charge in [-0.15, -0.1) is 0 Å². The zero-order valence-electron chi connectivity index (χ0n) is 13.5.